The zero-order valence-electron chi connectivity index (χ0n) is 9.47. The fourth-order valence-corrected chi connectivity index (χ4v) is 2.67. The second-order valence-corrected chi connectivity index (χ2v) is 4.49. The zero-order valence-corrected chi connectivity index (χ0v) is 9.47. The number of anilines is 1. The van der Waals surface area contributed by atoms with Gasteiger partial charge in [0.15, 0.2) is 0 Å². The molecule has 86 valence electrons. The molecule has 0 fully saturated rings. The third-order valence-corrected chi connectivity index (χ3v) is 3.47. The summed E-state index contributed by atoms with van der Waals surface area (Å²) >= 11 is 0. The van der Waals surface area contributed by atoms with Crippen molar-refractivity contribution >= 4 is 11.7 Å². The largest absolute Gasteiger partial charge is 0.478 e. The number of allylic oxidation sites excluding steroid dienone is 2. The van der Waals surface area contributed by atoms with Gasteiger partial charge in [0.2, 0.25) is 0 Å². The molecule has 2 atom stereocenters. The third kappa shape index (κ3) is 1.39. The van der Waals surface area contributed by atoms with E-state index >= 15 is 0 Å². The minimum atomic E-state index is -0.875. The van der Waals surface area contributed by atoms with Gasteiger partial charge in [0, 0.05) is 5.92 Å². The summed E-state index contributed by atoms with van der Waals surface area (Å²) in [4.78, 5) is 11.2. The molecule has 0 aromatic heterocycles. The Hall–Kier alpha value is -2.03. The van der Waals surface area contributed by atoms with Crippen LogP contribution < -0.4 is 5.32 Å². The number of aryl methyl sites for hydroxylation is 1. The van der Waals surface area contributed by atoms with Crippen LogP contribution in [0.15, 0.2) is 36.4 Å². The molecule has 0 saturated heterocycles. The van der Waals surface area contributed by atoms with Crippen molar-refractivity contribution in [1.82, 2.24) is 0 Å². The van der Waals surface area contributed by atoms with Crippen LogP contribution in [0, 0.1) is 6.92 Å². The van der Waals surface area contributed by atoms with E-state index in [0.29, 0.717) is 5.56 Å². The lowest BCUT2D eigenvalue weighted by molar-refractivity contribution is 0.0698. The summed E-state index contributed by atoms with van der Waals surface area (Å²) in [6.45, 7) is 2.03. The average molecular weight is 227 g/mol. The minimum Gasteiger partial charge on any atom is -0.478 e. The molecule has 1 aliphatic heterocycles. The van der Waals surface area contributed by atoms with Gasteiger partial charge < -0.3 is 10.4 Å². The van der Waals surface area contributed by atoms with Gasteiger partial charge in [-0.05, 0) is 24.1 Å². The second kappa shape index (κ2) is 3.48. The SMILES string of the molecule is Cc1ccc(C(=O)O)c2c1C1C=CC=CC1N2. The van der Waals surface area contributed by atoms with Gasteiger partial charge in [-0.15, -0.1) is 0 Å². The number of carboxylic acids is 1. The summed E-state index contributed by atoms with van der Waals surface area (Å²) in [5.74, 6) is -0.616. The summed E-state index contributed by atoms with van der Waals surface area (Å²) in [5, 5.41) is 12.5. The number of aromatic carboxylic acids is 1. The normalized spacial score (nSPS) is 24.1. The van der Waals surface area contributed by atoms with Crippen LogP contribution in [0.1, 0.15) is 27.4 Å². The first kappa shape index (κ1) is 10.1. The van der Waals surface area contributed by atoms with Crippen molar-refractivity contribution in [3.8, 4) is 0 Å². The lowest BCUT2D eigenvalue weighted by Crippen LogP contribution is -2.18. The van der Waals surface area contributed by atoms with E-state index < -0.39 is 5.97 Å². The Kier molecular flexibility index (Phi) is 2.08. The van der Waals surface area contributed by atoms with Gasteiger partial charge in [0.1, 0.15) is 0 Å². The van der Waals surface area contributed by atoms with Gasteiger partial charge in [-0.2, -0.15) is 0 Å². The number of benzene rings is 1. The van der Waals surface area contributed by atoms with E-state index in [1.807, 2.05) is 25.1 Å². The van der Waals surface area contributed by atoms with E-state index in [1.165, 1.54) is 0 Å². The van der Waals surface area contributed by atoms with E-state index in [1.54, 1.807) is 6.07 Å². The molecule has 17 heavy (non-hydrogen) atoms. The van der Waals surface area contributed by atoms with Crippen LogP contribution in [0.3, 0.4) is 0 Å². The van der Waals surface area contributed by atoms with E-state index in [-0.39, 0.29) is 12.0 Å². The van der Waals surface area contributed by atoms with Crippen molar-refractivity contribution in [1.29, 1.82) is 0 Å². The Balaban J connectivity index is 2.21. The van der Waals surface area contributed by atoms with Crippen molar-refractivity contribution in [2.45, 2.75) is 18.9 Å². The molecule has 2 aliphatic rings. The van der Waals surface area contributed by atoms with E-state index in [9.17, 15) is 9.90 Å². The smallest absolute Gasteiger partial charge is 0.337 e. The molecule has 0 radical (unpaired) electrons. The predicted molar refractivity (Wildman–Crippen MR) is 66.6 cm³/mol. The van der Waals surface area contributed by atoms with Crippen LogP contribution >= 0.6 is 0 Å². The number of fused-ring (bicyclic) bond motifs is 3. The number of rotatable bonds is 1. The van der Waals surface area contributed by atoms with Gasteiger partial charge in [-0.3, -0.25) is 0 Å². The van der Waals surface area contributed by atoms with Crippen molar-refractivity contribution in [3.05, 3.63) is 53.1 Å². The van der Waals surface area contributed by atoms with Crippen molar-refractivity contribution in [2.24, 2.45) is 0 Å². The van der Waals surface area contributed by atoms with Gasteiger partial charge in [0.05, 0.1) is 17.3 Å². The van der Waals surface area contributed by atoms with Crippen LogP contribution in [0.2, 0.25) is 0 Å². The lowest BCUT2D eigenvalue weighted by Gasteiger charge is -2.16. The monoisotopic (exact) mass is 227 g/mol. The zero-order chi connectivity index (χ0) is 12.0. The lowest BCUT2D eigenvalue weighted by atomic mass is 9.88. The van der Waals surface area contributed by atoms with Gasteiger partial charge in [-0.25, -0.2) is 4.79 Å². The highest BCUT2D eigenvalue weighted by molar-refractivity contribution is 5.96. The minimum absolute atomic E-state index is 0.189. The number of hydrogen-bond donors (Lipinski definition) is 2. The third-order valence-electron chi connectivity index (χ3n) is 3.47. The molecule has 1 aromatic carbocycles. The first-order valence-corrected chi connectivity index (χ1v) is 5.67. The number of nitrogens with one attached hydrogen (secondary N) is 1. The summed E-state index contributed by atoms with van der Waals surface area (Å²) in [6.07, 6.45) is 8.22. The summed E-state index contributed by atoms with van der Waals surface area (Å²) < 4.78 is 0. The van der Waals surface area contributed by atoms with E-state index in [4.69, 9.17) is 0 Å². The number of carbonyl (C=O) groups is 1. The van der Waals surface area contributed by atoms with Crippen molar-refractivity contribution in [2.75, 3.05) is 5.32 Å². The topological polar surface area (TPSA) is 49.3 Å². The molecule has 3 heteroatoms. The van der Waals surface area contributed by atoms with Crippen LogP contribution in [0.25, 0.3) is 0 Å². The molecule has 1 aliphatic carbocycles. The summed E-state index contributed by atoms with van der Waals surface area (Å²) in [6, 6.07) is 3.75. The van der Waals surface area contributed by atoms with Crippen molar-refractivity contribution < 1.29 is 9.90 Å². The van der Waals surface area contributed by atoms with Crippen LogP contribution in [0.4, 0.5) is 5.69 Å². The average Bonchev–Trinajstić information content (AvgIpc) is 2.68. The molecule has 0 saturated carbocycles. The quantitative estimate of drug-likeness (QED) is 0.775. The highest BCUT2D eigenvalue weighted by Gasteiger charge is 2.33. The summed E-state index contributed by atoms with van der Waals surface area (Å²) in [5.41, 5.74) is 3.41. The van der Waals surface area contributed by atoms with Crippen molar-refractivity contribution in [3.63, 3.8) is 0 Å². The van der Waals surface area contributed by atoms with Gasteiger partial charge in [-0.1, -0.05) is 30.4 Å². The Morgan fingerprint density at radius 1 is 1.29 bits per heavy atom. The summed E-state index contributed by atoms with van der Waals surface area (Å²) in [7, 11) is 0. The fraction of sp³-hybridized carbons (Fsp3) is 0.214. The number of carboxylic acid groups (broad SMARTS) is 1. The number of hydrogen-bond acceptors (Lipinski definition) is 2. The highest BCUT2D eigenvalue weighted by atomic mass is 16.4. The van der Waals surface area contributed by atoms with Gasteiger partial charge in [0.25, 0.3) is 0 Å². The second-order valence-electron chi connectivity index (χ2n) is 4.49. The molecule has 0 spiro atoms. The Labute approximate surface area is 99.5 Å². The molecule has 2 unspecified atom stereocenters. The van der Waals surface area contributed by atoms with Gasteiger partial charge >= 0.3 is 5.97 Å². The molecule has 0 amide bonds. The molecule has 1 heterocycles. The van der Waals surface area contributed by atoms with E-state index in [0.717, 1.165) is 16.8 Å². The highest BCUT2D eigenvalue weighted by Crippen LogP contribution is 2.42. The predicted octanol–water partition coefficient (Wildman–Crippen LogP) is 2.70. The molecule has 3 nitrogen and oxygen atoms in total. The molecular formula is C14H13NO2. The first-order valence-electron chi connectivity index (χ1n) is 5.67. The standard InChI is InChI=1S/C14H13NO2/c1-8-6-7-10(14(16)17)13-12(8)9-4-2-3-5-11(9)15-13/h2-7,9,11,15H,1H3,(H,16,17). The fourth-order valence-electron chi connectivity index (χ4n) is 2.67. The van der Waals surface area contributed by atoms with Crippen LogP contribution in [0.5, 0.6) is 0 Å². The van der Waals surface area contributed by atoms with E-state index in [2.05, 4.69) is 17.5 Å². The Bertz CT molecular complexity index is 558. The molecule has 2 N–H and O–H groups in total. The molecule has 1 aromatic rings. The maximum atomic E-state index is 11.2. The molecule has 3 rings (SSSR count). The molecular weight excluding hydrogens is 214 g/mol. The Morgan fingerprint density at radius 2 is 2.06 bits per heavy atom. The van der Waals surface area contributed by atoms with Crippen LogP contribution in [-0.4, -0.2) is 17.1 Å². The Morgan fingerprint density at radius 3 is 2.82 bits per heavy atom. The maximum absolute atomic E-state index is 11.2. The van der Waals surface area contributed by atoms with Crippen LogP contribution in [-0.2, 0) is 0 Å². The first-order chi connectivity index (χ1) is 8.18. The molecule has 0 bridgehead atoms. The maximum Gasteiger partial charge on any atom is 0.337 e.